The normalized spacial score (nSPS) is 21.6. The summed E-state index contributed by atoms with van der Waals surface area (Å²) < 4.78 is 0. The van der Waals surface area contributed by atoms with Crippen LogP contribution in [0.3, 0.4) is 0 Å². The number of hydrogen-bond donors (Lipinski definition) is 0. The summed E-state index contributed by atoms with van der Waals surface area (Å²) in [7, 11) is 0. The highest BCUT2D eigenvalue weighted by Crippen LogP contribution is 2.29. The molecule has 2 saturated carbocycles. The minimum atomic E-state index is 0.738. The van der Waals surface area contributed by atoms with Gasteiger partial charge in [-0.3, -0.25) is 0 Å². The van der Waals surface area contributed by atoms with Crippen LogP contribution in [0.25, 0.3) is 0 Å². The van der Waals surface area contributed by atoms with Crippen molar-refractivity contribution >= 4 is 0 Å². The molecule has 1 nitrogen and oxygen atoms in total. The molecule has 0 radical (unpaired) electrons. The average Bonchev–Trinajstić information content (AvgIpc) is 3.09. The van der Waals surface area contributed by atoms with Gasteiger partial charge in [0.25, 0.3) is 0 Å². The largest absolute Gasteiger partial charge is 0.301 e. The fraction of sp³-hybridized carbons (Fsp3) is 1.00. The first-order valence-corrected chi connectivity index (χ1v) is 9.49. The summed E-state index contributed by atoms with van der Waals surface area (Å²) in [6.45, 7) is 7.45. The molecule has 0 aromatic rings. The molecule has 0 aromatic heterocycles. The number of hydrogen-bond acceptors (Lipinski definition) is 1. The van der Waals surface area contributed by atoms with E-state index < -0.39 is 0 Å². The summed E-state index contributed by atoms with van der Waals surface area (Å²) >= 11 is 0. The summed E-state index contributed by atoms with van der Waals surface area (Å²) in [5, 5.41) is 0. The van der Waals surface area contributed by atoms with Gasteiger partial charge in [-0.1, -0.05) is 51.4 Å². The molecule has 0 heterocycles. The Bertz CT molecular complexity index is 214. The van der Waals surface area contributed by atoms with E-state index in [-0.39, 0.29) is 0 Å². The van der Waals surface area contributed by atoms with Crippen LogP contribution in [0, 0.1) is 11.8 Å². The van der Waals surface area contributed by atoms with Gasteiger partial charge in [0.2, 0.25) is 0 Å². The van der Waals surface area contributed by atoms with Crippen molar-refractivity contribution in [1.29, 1.82) is 0 Å². The monoisotopic (exact) mass is 279 g/mol. The van der Waals surface area contributed by atoms with Crippen LogP contribution in [0.4, 0.5) is 0 Å². The van der Waals surface area contributed by atoms with Crippen molar-refractivity contribution in [3.8, 4) is 0 Å². The van der Waals surface area contributed by atoms with Gasteiger partial charge in [-0.15, -0.1) is 0 Å². The van der Waals surface area contributed by atoms with Crippen LogP contribution in [0.1, 0.15) is 90.9 Å². The molecule has 0 bridgehead atoms. The van der Waals surface area contributed by atoms with Gasteiger partial charge in [0.1, 0.15) is 0 Å². The lowest BCUT2D eigenvalue weighted by Crippen LogP contribution is -2.33. The van der Waals surface area contributed by atoms with Crippen LogP contribution in [0.15, 0.2) is 0 Å². The second-order valence-corrected chi connectivity index (χ2v) is 7.72. The number of rotatable bonds is 9. The molecule has 0 aliphatic heterocycles. The van der Waals surface area contributed by atoms with E-state index in [1.54, 1.807) is 0 Å². The van der Waals surface area contributed by atoms with E-state index in [4.69, 9.17) is 0 Å². The molecule has 0 amide bonds. The van der Waals surface area contributed by atoms with E-state index in [1.807, 2.05) is 0 Å². The maximum Gasteiger partial charge on any atom is 0.00385 e. The number of nitrogens with zero attached hydrogens (tertiary/aromatic N) is 1. The zero-order valence-corrected chi connectivity index (χ0v) is 14.1. The third-order valence-electron chi connectivity index (χ3n) is 5.80. The zero-order valence-electron chi connectivity index (χ0n) is 14.1. The van der Waals surface area contributed by atoms with Crippen molar-refractivity contribution in [2.45, 2.75) is 96.9 Å². The molecule has 0 unspecified atom stereocenters. The molecule has 118 valence electrons. The smallest absolute Gasteiger partial charge is 0.00385 e. The Morgan fingerprint density at radius 3 is 1.50 bits per heavy atom. The van der Waals surface area contributed by atoms with Gasteiger partial charge in [0.15, 0.2) is 0 Å². The molecule has 0 spiro atoms. The van der Waals surface area contributed by atoms with E-state index in [0.717, 1.165) is 17.9 Å². The van der Waals surface area contributed by atoms with Gasteiger partial charge < -0.3 is 4.90 Å². The molecule has 0 saturated heterocycles. The van der Waals surface area contributed by atoms with E-state index >= 15 is 0 Å². The maximum absolute atomic E-state index is 2.74. The van der Waals surface area contributed by atoms with Crippen molar-refractivity contribution in [3.63, 3.8) is 0 Å². The minimum Gasteiger partial charge on any atom is -0.301 e. The third-order valence-corrected chi connectivity index (χ3v) is 5.80. The Morgan fingerprint density at radius 2 is 1.15 bits per heavy atom. The first kappa shape index (κ1) is 16.3. The van der Waals surface area contributed by atoms with Crippen molar-refractivity contribution in [1.82, 2.24) is 4.90 Å². The van der Waals surface area contributed by atoms with Gasteiger partial charge in [-0.25, -0.2) is 0 Å². The molecular weight excluding hydrogens is 242 g/mol. The predicted octanol–water partition coefficient (Wildman–Crippen LogP) is 5.64. The molecular formula is C19H37N. The first-order valence-electron chi connectivity index (χ1n) is 9.49. The molecule has 2 rings (SSSR count). The lowest BCUT2D eigenvalue weighted by Gasteiger charge is -2.27. The molecule has 0 N–H and O–H groups in total. The maximum atomic E-state index is 2.74. The molecule has 0 atom stereocenters. The summed E-state index contributed by atoms with van der Waals surface area (Å²) in [6.07, 6.45) is 17.9. The summed E-state index contributed by atoms with van der Waals surface area (Å²) in [5.41, 5.74) is 0. The standard InChI is InChI=1S/C19H37N/c1-17(2)20(15-7-13-18-9-3-4-10-18)16-8-14-19-11-5-6-12-19/h17-19H,3-16H2,1-2H3. The Labute approximate surface area is 127 Å². The third kappa shape index (κ3) is 5.76. The highest BCUT2D eigenvalue weighted by molar-refractivity contribution is 4.71. The van der Waals surface area contributed by atoms with Crippen molar-refractivity contribution < 1.29 is 0 Å². The van der Waals surface area contributed by atoms with Gasteiger partial charge in [0.05, 0.1) is 0 Å². The Morgan fingerprint density at radius 1 is 0.750 bits per heavy atom. The van der Waals surface area contributed by atoms with Crippen molar-refractivity contribution in [2.75, 3.05) is 13.1 Å². The van der Waals surface area contributed by atoms with Crippen LogP contribution in [-0.2, 0) is 0 Å². The fourth-order valence-corrected chi connectivity index (χ4v) is 4.39. The van der Waals surface area contributed by atoms with Crippen LogP contribution in [0.2, 0.25) is 0 Å². The SMILES string of the molecule is CC(C)N(CCCC1CCCC1)CCCC1CCCC1. The molecule has 20 heavy (non-hydrogen) atoms. The van der Waals surface area contributed by atoms with Crippen LogP contribution >= 0.6 is 0 Å². The highest BCUT2D eigenvalue weighted by Gasteiger charge is 2.17. The lowest BCUT2D eigenvalue weighted by molar-refractivity contribution is 0.204. The topological polar surface area (TPSA) is 3.24 Å². The Balaban J connectivity index is 1.56. The Hall–Kier alpha value is -0.0400. The van der Waals surface area contributed by atoms with Crippen LogP contribution < -0.4 is 0 Å². The van der Waals surface area contributed by atoms with Crippen LogP contribution in [0.5, 0.6) is 0 Å². The predicted molar refractivity (Wildman–Crippen MR) is 89.1 cm³/mol. The zero-order chi connectivity index (χ0) is 14.2. The van der Waals surface area contributed by atoms with Gasteiger partial charge >= 0.3 is 0 Å². The average molecular weight is 280 g/mol. The molecule has 2 fully saturated rings. The van der Waals surface area contributed by atoms with Gasteiger partial charge in [-0.2, -0.15) is 0 Å². The molecule has 1 heteroatoms. The van der Waals surface area contributed by atoms with E-state index in [0.29, 0.717) is 0 Å². The molecule has 2 aliphatic carbocycles. The summed E-state index contributed by atoms with van der Waals surface area (Å²) in [5.74, 6) is 2.14. The minimum absolute atomic E-state index is 0.738. The lowest BCUT2D eigenvalue weighted by atomic mass is 10.0. The highest BCUT2D eigenvalue weighted by atomic mass is 15.1. The Kier molecular flexibility index (Phi) is 7.41. The summed E-state index contributed by atoms with van der Waals surface area (Å²) in [6, 6.07) is 0.738. The second-order valence-electron chi connectivity index (χ2n) is 7.72. The summed E-state index contributed by atoms with van der Waals surface area (Å²) in [4.78, 5) is 2.74. The first-order chi connectivity index (χ1) is 9.75. The van der Waals surface area contributed by atoms with Crippen molar-refractivity contribution in [2.24, 2.45) is 11.8 Å². The van der Waals surface area contributed by atoms with E-state index in [9.17, 15) is 0 Å². The fourth-order valence-electron chi connectivity index (χ4n) is 4.39. The van der Waals surface area contributed by atoms with Gasteiger partial charge in [-0.05, 0) is 64.5 Å². The molecule has 0 aromatic carbocycles. The molecule has 2 aliphatic rings. The van der Waals surface area contributed by atoms with E-state index in [1.165, 1.54) is 90.1 Å². The van der Waals surface area contributed by atoms with E-state index in [2.05, 4.69) is 18.7 Å². The quantitative estimate of drug-likeness (QED) is 0.528. The van der Waals surface area contributed by atoms with Crippen LogP contribution in [-0.4, -0.2) is 24.0 Å². The van der Waals surface area contributed by atoms with Crippen molar-refractivity contribution in [3.05, 3.63) is 0 Å². The van der Waals surface area contributed by atoms with Gasteiger partial charge in [0, 0.05) is 6.04 Å². The second kappa shape index (κ2) is 9.07.